The van der Waals surface area contributed by atoms with Crippen molar-refractivity contribution in [3.63, 3.8) is 0 Å². The molecular formula is C13H19NO. The number of carbonyl (C=O) groups is 1. The zero-order chi connectivity index (χ0) is 11.5. The van der Waals surface area contributed by atoms with Crippen molar-refractivity contribution in [2.45, 2.75) is 39.5 Å². The smallest absolute Gasteiger partial charge is 0.220 e. The van der Waals surface area contributed by atoms with Crippen LogP contribution >= 0.6 is 0 Å². The van der Waals surface area contributed by atoms with Gasteiger partial charge in [0.05, 0.1) is 0 Å². The zero-order valence-corrected chi connectivity index (χ0v) is 9.60. The summed E-state index contributed by atoms with van der Waals surface area (Å²) < 4.78 is 0. The molecule has 1 N–H and O–H groups in total. The van der Waals surface area contributed by atoms with Crippen molar-refractivity contribution in [3.05, 3.63) is 0 Å². The van der Waals surface area contributed by atoms with Crippen molar-refractivity contribution < 1.29 is 4.79 Å². The average molecular weight is 205 g/mol. The van der Waals surface area contributed by atoms with Gasteiger partial charge in [-0.25, -0.2) is 0 Å². The van der Waals surface area contributed by atoms with Gasteiger partial charge >= 0.3 is 0 Å². The Hall–Kier alpha value is -1.41. The molecule has 0 heterocycles. The number of carbonyl (C=O) groups excluding carboxylic acids is 1. The van der Waals surface area contributed by atoms with Crippen LogP contribution in [0.5, 0.6) is 0 Å². The van der Waals surface area contributed by atoms with Crippen LogP contribution in [0, 0.1) is 30.1 Å². The van der Waals surface area contributed by atoms with E-state index in [4.69, 9.17) is 6.42 Å². The van der Waals surface area contributed by atoms with Crippen LogP contribution < -0.4 is 5.32 Å². The van der Waals surface area contributed by atoms with Crippen LogP contribution in [0.15, 0.2) is 0 Å². The molecule has 0 fully saturated rings. The van der Waals surface area contributed by atoms with Crippen molar-refractivity contribution in [3.8, 4) is 24.2 Å². The topological polar surface area (TPSA) is 29.1 Å². The molecule has 0 aromatic heterocycles. The van der Waals surface area contributed by atoms with Gasteiger partial charge in [-0.3, -0.25) is 4.79 Å². The van der Waals surface area contributed by atoms with E-state index in [1.54, 1.807) is 0 Å². The third kappa shape index (κ3) is 10.5. The lowest BCUT2D eigenvalue weighted by Gasteiger charge is -2.06. The van der Waals surface area contributed by atoms with E-state index < -0.39 is 0 Å². The number of hydrogen-bond acceptors (Lipinski definition) is 1. The Balaban J connectivity index is 3.36. The first-order valence-corrected chi connectivity index (χ1v) is 5.37. The van der Waals surface area contributed by atoms with Gasteiger partial charge in [0.1, 0.15) is 0 Å². The molecule has 2 heteroatoms. The van der Waals surface area contributed by atoms with Crippen molar-refractivity contribution in [1.29, 1.82) is 0 Å². The van der Waals surface area contributed by atoms with Gasteiger partial charge in [-0.2, -0.15) is 0 Å². The summed E-state index contributed by atoms with van der Waals surface area (Å²) in [5.41, 5.74) is 0. The first kappa shape index (κ1) is 13.6. The summed E-state index contributed by atoms with van der Waals surface area (Å²) in [6.07, 6.45) is 8.15. The second kappa shape index (κ2) is 9.16. The molecule has 0 bridgehead atoms. The Morgan fingerprint density at radius 1 is 1.40 bits per heavy atom. The molecule has 0 aliphatic rings. The molecule has 0 atom stereocenters. The Kier molecular flexibility index (Phi) is 8.30. The highest BCUT2D eigenvalue weighted by Gasteiger charge is 2.00. The van der Waals surface area contributed by atoms with Crippen LogP contribution in [0.1, 0.15) is 39.5 Å². The highest BCUT2D eigenvalue weighted by molar-refractivity contribution is 5.75. The van der Waals surface area contributed by atoms with Gasteiger partial charge in [0, 0.05) is 19.4 Å². The summed E-state index contributed by atoms with van der Waals surface area (Å²) in [5.74, 6) is 8.30. The molecular weight excluding hydrogens is 186 g/mol. The summed E-state index contributed by atoms with van der Waals surface area (Å²) in [7, 11) is 0. The van der Waals surface area contributed by atoms with E-state index in [2.05, 4.69) is 36.9 Å². The number of hydrogen-bond donors (Lipinski definition) is 1. The van der Waals surface area contributed by atoms with E-state index in [9.17, 15) is 4.79 Å². The van der Waals surface area contributed by atoms with Crippen LogP contribution in [0.25, 0.3) is 0 Å². The minimum Gasteiger partial charge on any atom is -0.356 e. The first-order chi connectivity index (χ1) is 7.16. The fourth-order valence-corrected chi connectivity index (χ4v) is 1.02. The Labute approximate surface area is 92.8 Å². The zero-order valence-electron chi connectivity index (χ0n) is 9.60. The lowest BCUT2D eigenvalue weighted by Crippen LogP contribution is -2.26. The first-order valence-electron chi connectivity index (χ1n) is 5.37. The lowest BCUT2D eigenvalue weighted by molar-refractivity contribution is -0.121. The fraction of sp³-hybridized carbons (Fsp3) is 0.615. The van der Waals surface area contributed by atoms with E-state index in [0.717, 1.165) is 25.8 Å². The Morgan fingerprint density at radius 2 is 2.13 bits per heavy atom. The molecule has 0 spiro atoms. The number of terminal acetylenes is 1. The Bertz CT molecular complexity index is 275. The maximum absolute atomic E-state index is 11.3. The standard InChI is InChI=1S/C13H19NO/c1-4-5-6-7-8-9-10-13(15)14-11-12(2)3/h1,12H,7-11H2,2-3H3,(H,14,15). The van der Waals surface area contributed by atoms with Gasteiger partial charge < -0.3 is 5.32 Å². The van der Waals surface area contributed by atoms with Crippen molar-refractivity contribution in [1.82, 2.24) is 5.32 Å². The van der Waals surface area contributed by atoms with E-state index in [1.165, 1.54) is 0 Å². The third-order valence-electron chi connectivity index (χ3n) is 1.82. The summed E-state index contributed by atoms with van der Waals surface area (Å²) >= 11 is 0. The van der Waals surface area contributed by atoms with Crippen molar-refractivity contribution >= 4 is 5.91 Å². The minimum atomic E-state index is 0.133. The molecule has 0 saturated carbocycles. The fourth-order valence-electron chi connectivity index (χ4n) is 1.02. The van der Waals surface area contributed by atoms with E-state index in [1.807, 2.05) is 0 Å². The third-order valence-corrected chi connectivity index (χ3v) is 1.82. The monoisotopic (exact) mass is 205 g/mol. The van der Waals surface area contributed by atoms with Gasteiger partial charge in [-0.05, 0) is 30.6 Å². The highest BCUT2D eigenvalue weighted by Crippen LogP contribution is 1.99. The minimum absolute atomic E-state index is 0.133. The predicted octanol–water partition coefficient (Wildman–Crippen LogP) is 1.96. The number of unbranched alkanes of at least 4 members (excludes halogenated alkanes) is 2. The molecule has 82 valence electrons. The summed E-state index contributed by atoms with van der Waals surface area (Å²) in [5, 5.41) is 2.88. The van der Waals surface area contributed by atoms with Gasteiger partial charge in [0.2, 0.25) is 5.91 Å². The van der Waals surface area contributed by atoms with E-state index >= 15 is 0 Å². The molecule has 0 unspecified atom stereocenters. The number of amides is 1. The molecule has 2 nitrogen and oxygen atoms in total. The van der Waals surface area contributed by atoms with Crippen LogP contribution in [-0.4, -0.2) is 12.5 Å². The predicted molar refractivity (Wildman–Crippen MR) is 62.9 cm³/mol. The van der Waals surface area contributed by atoms with E-state index in [0.29, 0.717) is 12.3 Å². The number of nitrogens with one attached hydrogen (secondary N) is 1. The molecule has 0 aliphatic heterocycles. The SMILES string of the molecule is C#CC#CCCCCC(=O)NCC(C)C. The molecule has 1 amide bonds. The van der Waals surface area contributed by atoms with Crippen LogP contribution in [0.4, 0.5) is 0 Å². The average Bonchev–Trinajstić information content (AvgIpc) is 2.20. The summed E-state index contributed by atoms with van der Waals surface area (Å²) in [6.45, 7) is 4.92. The number of rotatable bonds is 6. The van der Waals surface area contributed by atoms with E-state index in [-0.39, 0.29) is 5.91 Å². The maximum Gasteiger partial charge on any atom is 0.220 e. The molecule has 0 aliphatic carbocycles. The summed E-state index contributed by atoms with van der Waals surface area (Å²) in [4.78, 5) is 11.3. The lowest BCUT2D eigenvalue weighted by atomic mass is 10.2. The molecule has 0 radical (unpaired) electrons. The molecule has 0 rings (SSSR count). The van der Waals surface area contributed by atoms with Gasteiger partial charge in [0.25, 0.3) is 0 Å². The molecule has 0 aromatic rings. The molecule has 0 aromatic carbocycles. The summed E-state index contributed by atoms with van der Waals surface area (Å²) in [6, 6.07) is 0. The quantitative estimate of drug-likeness (QED) is 0.521. The normalized spacial score (nSPS) is 8.93. The largest absolute Gasteiger partial charge is 0.356 e. The second-order valence-corrected chi connectivity index (χ2v) is 3.85. The van der Waals surface area contributed by atoms with Crippen molar-refractivity contribution in [2.75, 3.05) is 6.54 Å². The van der Waals surface area contributed by atoms with Crippen LogP contribution in [0.3, 0.4) is 0 Å². The van der Waals surface area contributed by atoms with Crippen LogP contribution in [-0.2, 0) is 4.79 Å². The molecule has 15 heavy (non-hydrogen) atoms. The highest BCUT2D eigenvalue weighted by atomic mass is 16.1. The second-order valence-electron chi connectivity index (χ2n) is 3.85. The van der Waals surface area contributed by atoms with Gasteiger partial charge in [-0.1, -0.05) is 19.8 Å². The maximum atomic E-state index is 11.3. The van der Waals surface area contributed by atoms with Crippen LogP contribution in [0.2, 0.25) is 0 Å². The van der Waals surface area contributed by atoms with Gasteiger partial charge in [0.15, 0.2) is 0 Å². The van der Waals surface area contributed by atoms with Crippen molar-refractivity contribution in [2.24, 2.45) is 5.92 Å². The van der Waals surface area contributed by atoms with Gasteiger partial charge in [-0.15, -0.1) is 6.42 Å². The Morgan fingerprint density at radius 3 is 2.73 bits per heavy atom. The molecule has 0 saturated heterocycles.